The fraction of sp³-hybridized carbons (Fsp3) is 0.333. The zero-order valence-electron chi connectivity index (χ0n) is 20.5. The average molecular weight is 503 g/mol. The molecule has 2 atom stereocenters. The monoisotopic (exact) mass is 502 g/mol. The third-order valence-corrected chi connectivity index (χ3v) is 7.68. The van der Waals surface area contributed by atoms with Gasteiger partial charge in [-0.15, -0.1) is 0 Å². The SMILES string of the molecule is COc1cc(Cl)ccc1[C@H]1[C@H](C(=O)NCCc2ccccc2)c2ccccc2C(=O)N1C1CCCC1. The minimum absolute atomic E-state index is 0.0205. The Morgan fingerprint density at radius 3 is 2.47 bits per heavy atom. The van der Waals surface area contributed by atoms with Gasteiger partial charge in [-0.3, -0.25) is 9.59 Å². The first-order valence-corrected chi connectivity index (χ1v) is 13.0. The zero-order chi connectivity index (χ0) is 25.1. The molecule has 3 aromatic carbocycles. The van der Waals surface area contributed by atoms with Crippen LogP contribution in [0.4, 0.5) is 0 Å². The molecular formula is C30H31ClN2O3. The van der Waals surface area contributed by atoms with Crippen molar-refractivity contribution in [2.24, 2.45) is 0 Å². The van der Waals surface area contributed by atoms with Crippen LogP contribution in [-0.2, 0) is 11.2 Å². The molecule has 0 saturated heterocycles. The van der Waals surface area contributed by atoms with Gasteiger partial charge in [-0.2, -0.15) is 0 Å². The van der Waals surface area contributed by atoms with E-state index in [1.165, 1.54) is 5.56 Å². The summed E-state index contributed by atoms with van der Waals surface area (Å²) in [6, 6.07) is 22.7. The minimum Gasteiger partial charge on any atom is -0.496 e. The van der Waals surface area contributed by atoms with Crippen LogP contribution in [0.15, 0.2) is 72.8 Å². The second-order valence-corrected chi connectivity index (χ2v) is 10.0. The van der Waals surface area contributed by atoms with Gasteiger partial charge in [-0.25, -0.2) is 0 Å². The van der Waals surface area contributed by atoms with Crippen LogP contribution in [0.3, 0.4) is 0 Å². The molecule has 0 unspecified atom stereocenters. The van der Waals surface area contributed by atoms with Gasteiger partial charge < -0.3 is 15.0 Å². The summed E-state index contributed by atoms with van der Waals surface area (Å²) in [6.07, 6.45) is 4.76. The molecule has 2 amide bonds. The molecule has 5 rings (SSSR count). The largest absolute Gasteiger partial charge is 0.496 e. The molecule has 6 heteroatoms. The van der Waals surface area contributed by atoms with Gasteiger partial charge in [-0.1, -0.05) is 79.0 Å². The standard InChI is InChI=1S/C30H31ClN2O3/c1-36-26-19-21(31)15-16-25(26)28-27(29(34)32-18-17-20-9-3-2-4-10-20)23-13-7-8-14-24(23)30(35)33(28)22-11-5-6-12-22/h2-4,7-10,13-16,19,22,27-28H,5-6,11-12,17-18H2,1H3,(H,32,34)/t27-,28+/m1/s1. The molecule has 1 heterocycles. The Balaban J connectivity index is 1.57. The normalized spacial score (nSPS) is 19.7. The quantitative estimate of drug-likeness (QED) is 0.435. The molecule has 36 heavy (non-hydrogen) atoms. The highest BCUT2D eigenvalue weighted by Gasteiger charge is 2.47. The smallest absolute Gasteiger partial charge is 0.254 e. The molecule has 0 aromatic heterocycles. The van der Waals surface area contributed by atoms with Gasteiger partial charge in [0.25, 0.3) is 5.91 Å². The Kier molecular flexibility index (Phi) is 7.28. The predicted octanol–water partition coefficient (Wildman–Crippen LogP) is 5.93. The van der Waals surface area contributed by atoms with Crippen LogP contribution in [-0.4, -0.2) is 36.4 Å². The highest BCUT2D eigenvalue weighted by molar-refractivity contribution is 6.30. The third-order valence-electron chi connectivity index (χ3n) is 7.45. The topological polar surface area (TPSA) is 58.6 Å². The number of amides is 2. The zero-order valence-corrected chi connectivity index (χ0v) is 21.2. The van der Waals surface area contributed by atoms with E-state index in [0.29, 0.717) is 22.9 Å². The maximum Gasteiger partial charge on any atom is 0.254 e. The lowest BCUT2D eigenvalue weighted by Gasteiger charge is -2.45. The van der Waals surface area contributed by atoms with E-state index in [0.717, 1.165) is 43.2 Å². The fourth-order valence-corrected chi connectivity index (χ4v) is 5.92. The molecule has 0 bridgehead atoms. The summed E-state index contributed by atoms with van der Waals surface area (Å²) < 4.78 is 5.73. The van der Waals surface area contributed by atoms with Crippen molar-refractivity contribution in [1.82, 2.24) is 10.2 Å². The van der Waals surface area contributed by atoms with Crippen LogP contribution in [0, 0.1) is 0 Å². The Morgan fingerprint density at radius 2 is 1.72 bits per heavy atom. The van der Waals surface area contributed by atoms with Gasteiger partial charge in [0.15, 0.2) is 0 Å². The molecule has 5 nitrogen and oxygen atoms in total. The number of halogens is 1. The van der Waals surface area contributed by atoms with Crippen molar-refractivity contribution in [2.45, 2.75) is 50.1 Å². The van der Waals surface area contributed by atoms with Crippen molar-refractivity contribution in [3.63, 3.8) is 0 Å². The number of carbonyl (C=O) groups excluding carboxylic acids is 2. The second-order valence-electron chi connectivity index (χ2n) is 9.57. The van der Waals surface area contributed by atoms with E-state index in [4.69, 9.17) is 16.3 Å². The van der Waals surface area contributed by atoms with Crippen molar-refractivity contribution < 1.29 is 14.3 Å². The van der Waals surface area contributed by atoms with Crippen LogP contribution in [0.5, 0.6) is 5.75 Å². The van der Waals surface area contributed by atoms with E-state index >= 15 is 0 Å². The number of methoxy groups -OCH3 is 1. The summed E-state index contributed by atoms with van der Waals surface area (Å²) in [7, 11) is 1.60. The average Bonchev–Trinajstić information content (AvgIpc) is 3.43. The molecule has 0 radical (unpaired) electrons. The lowest BCUT2D eigenvalue weighted by Crippen LogP contribution is -2.51. The number of carbonyl (C=O) groups is 2. The van der Waals surface area contributed by atoms with Gasteiger partial charge in [0.05, 0.1) is 19.1 Å². The molecule has 2 aliphatic rings. The molecule has 186 valence electrons. The van der Waals surface area contributed by atoms with E-state index < -0.39 is 12.0 Å². The second kappa shape index (κ2) is 10.8. The number of hydrogen-bond donors (Lipinski definition) is 1. The number of benzene rings is 3. The molecule has 0 spiro atoms. The lowest BCUT2D eigenvalue weighted by atomic mass is 9.78. The first-order valence-electron chi connectivity index (χ1n) is 12.6. The Labute approximate surface area is 217 Å². The van der Waals surface area contributed by atoms with Gasteiger partial charge in [0.1, 0.15) is 5.75 Å². The highest BCUT2D eigenvalue weighted by atomic mass is 35.5. The van der Waals surface area contributed by atoms with E-state index in [1.54, 1.807) is 13.2 Å². The van der Waals surface area contributed by atoms with E-state index in [-0.39, 0.29) is 17.9 Å². The summed E-state index contributed by atoms with van der Waals surface area (Å²) in [5.41, 5.74) is 3.34. The highest BCUT2D eigenvalue weighted by Crippen LogP contribution is 2.48. The maximum atomic E-state index is 14.0. The van der Waals surface area contributed by atoms with Crippen molar-refractivity contribution in [1.29, 1.82) is 0 Å². The van der Waals surface area contributed by atoms with Gasteiger partial charge in [-0.05, 0) is 48.6 Å². The number of hydrogen-bond acceptors (Lipinski definition) is 3. The van der Waals surface area contributed by atoms with Crippen LogP contribution in [0.1, 0.15) is 64.7 Å². The van der Waals surface area contributed by atoms with Gasteiger partial charge in [0, 0.05) is 28.7 Å². The van der Waals surface area contributed by atoms with Crippen molar-refractivity contribution in [3.8, 4) is 5.75 Å². The molecule has 1 aliphatic heterocycles. The first kappa shape index (κ1) is 24.4. The van der Waals surface area contributed by atoms with Crippen LogP contribution < -0.4 is 10.1 Å². The Hall–Kier alpha value is -3.31. The van der Waals surface area contributed by atoms with Crippen LogP contribution in [0.25, 0.3) is 0 Å². The lowest BCUT2D eigenvalue weighted by molar-refractivity contribution is -0.124. The van der Waals surface area contributed by atoms with Crippen molar-refractivity contribution in [2.75, 3.05) is 13.7 Å². The third kappa shape index (κ3) is 4.72. The van der Waals surface area contributed by atoms with E-state index in [2.05, 4.69) is 17.4 Å². The van der Waals surface area contributed by atoms with Crippen molar-refractivity contribution >= 4 is 23.4 Å². The minimum atomic E-state index is -0.564. The van der Waals surface area contributed by atoms with Crippen molar-refractivity contribution in [3.05, 3.63) is 100 Å². The summed E-state index contributed by atoms with van der Waals surface area (Å²) in [5.74, 6) is -0.0844. The van der Waals surface area contributed by atoms with Crippen LogP contribution in [0.2, 0.25) is 5.02 Å². The first-order chi connectivity index (χ1) is 17.6. The van der Waals surface area contributed by atoms with E-state index in [9.17, 15) is 9.59 Å². The number of ether oxygens (including phenoxy) is 1. The predicted molar refractivity (Wildman–Crippen MR) is 142 cm³/mol. The van der Waals surface area contributed by atoms with E-state index in [1.807, 2.05) is 59.5 Å². The number of nitrogens with one attached hydrogen (secondary N) is 1. The number of nitrogens with zero attached hydrogens (tertiary/aromatic N) is 1. The summed E-state index contributed by atoms with van der Waals surface area (Å²) in [6.45, 7) is 0.517. The van der Waals surface area contributed by atoms with Gasteiger partial charge in [0.2, 0.25) is 5.91 Å². The number of rotatable bonds is 7. The summed E-state index contributed by atoms with van der Waals surface area (Å²) >= 11 is 6.29. The molecular weight excluding hydrogens is 472 g/mol. The van der Waals surface area contributed by atoms with Gasteiger partial charge >= 0.3 is 0 Å². The maximum absolute atomic E-state index is 14.0. The molecule has 1 saturated carbocycles. The summed E-state index contributed by atoms with van der Waals surface area (Å²) in [4.78, 5) is 29.9. The number of fused-ring (bicyclic) bond motifs is 1. The summed E-state index contributed by atoms with van der Waals surface area (Å²) in [5, 5.41) is 3.72. The Bertz CT molecular complexity index is 1240. The Morgan fingerprint density at radius 1 is 1.00 bits per heavy atom. The fourth-order valence-electron chi connectivity index (χ4n) is 5.76. The van der Waals surface area contributed by atoms with Crippen LogP contribution >= 0.6 is 11.6 Å². The molecule has 3 aromatic rings. The molecule has 1 N–H and O–H groups in total. The molecule has 1 aliphatic carbocycles. The molecule has 1 fully saturated rings.